The van der Waals surface area contributed by atoms with E-state index in [1.54, 1.807) is 0 Å². The lowest BCUT2D eigenvalue weighted by Gasteiger charge is -2.42. The van der Waals surface area contributed by atoms with Gasteiger partial charge in [0.1, 0.15) is 0 Å². The molecule has 0 spiro atoms. The molecule has 5 rings (SSSR count). The molecule has 0 saturated heterocycles. The van der Waals surface area contributed by atoms with Gasteiger partial charge in [0.05, 0.1) is 11.1 Å². The highest BCUT2D eigenvalue weighted by molar-refractivity contribution is 5.43. The molecule has 96 valence electrons. The second kappa shape index (κ2) is 3.17. The lowest BCUT2D eigenvalue weighted by atomic mass is 9.85. The first-order chi connectivity index (χ1) is 8.56. The monoisotopic (exact) mass is 243 g/mol. The molecule has 0 aromatic heterocycles. The predicted molar refractivity (Wildman–Crippen MR) is 71.8 cm³/mol. The van der Waals surface area contributed by atoms with Crippen molar-refractivity contribution < 1.29 is 5.11 Å². The van der Waals surface area contributed by atoms with Crippen LogP contribution in [0.5, 0.6) is 0 Å². The molecule has 2 nitrogen and oxygen atoms in total. The molecule has 2 heteroatoms. The van der Waals surface area contributed by atoms with E-state index in [4.69, 9.17) is 0 Å². The van der Waals surface area contributed by atoms with Crippen molar-refractivity contribution in [3.8, 4) is 0 Å². The Bertz CT molecular complexity index is 473. The Hall–Kier alpha value is -0.860. The Morgan fingerprint density at radius 1 is 1.00 bits per heavy atom. The Balaban J connectivity index is 1.93. The summed E-state index contributed by atoms with van der Waals surface area (Å²) in [5.74, 6) is 1.11. The van der Waals surface area contributed by atoms with E-state index in [0.29, 0.717) is 11.8 Å². The molecule has 0 radical (unpaired) electrons. The number of rotatable bonds is 1. The molecule has 4 atom stereocenters. The van der Waals surface area contributed by atoms with Gasteiger partial charge < -0.3 is 10.0 Å². The fourth-order valence-electron chi connectivity index (χ4n) is 5.18. The van der Waals surface area contributed by atoms with Crippen LogP contribution in [0.4, 0.5) is 0 Å². The molecule has 1 aromatic carbocycles. The average molecular weight is 243 g/mol. The van der Waals surface area contributed by atoms with Crippen molar-refractivity contribution >= 4 is 0 Å². The number of hydrogen-bond acceptors (Lipinski definition) is 2. The molecule has 2 unspecified atom stereocenters. The second-order valence-corrected chi connectivity index (χ2v) is 6.80. The maximum Gasteiger partial charge on any atom is 0.0842 e. The summed E-state index contributed by atoms with van der Waals surface area (Å²) in [6.07, 6.45) is 4.17. The van der Waals surface area contributed by atoms with Gasteiger partial charge in [0.2, 0.25) is 0 Å². The molecule has 2 fully saturated rings. The summed E-state index contributed by atoms with van der Waals surface area (Å²) in [4.78, 5) is 2.30. The number of aliphatic hydroxyl groups is 1. The fraction of sp³-hybridized carbons (Fsp3) is 0.625. The van der Waals surface area contributed by atoms with Crippen LogP contribution in [0.1, 0.15) is 48.6 Å². The molecule has 2 saturated carbocycles. The average Bonchev–Trinajstić information content (AvgIpc) is 2.66. The van der Waals surface area contributed by atoms with Gasteiger partial charge in [-0.1, -0.05) is 24.3 Å². The van der Waals surface area contributed by atoms with Crippen LogP contribution in [-0.4, -0.2) is 35.2 Å². The first-order valence-electron chi connectivity index (χ1n) is 7.04. The van der Waals surface area contributed by atoms with E-state index < -0.39 is 5.60 Å². The second-order valence-electron chi connectivity index (χ2n) is 6.80. The maximum absolute atomic E-state index is 11.2. The summed E-state index contributed by atoms with van der Waals surface area (Å²) in [5, 5.41) is 11.2. The summed E-state index contributed by atoms with van der Waals surface area (Å²) in [6.45, 7) is 0. The highest BCUT2D eigenvalue weighted by Gasteiger charge is 2.66. The number of benzene rings is 1. The van der Waals surface area contributed by atoms with Gasteiger partial charge in [0, 0.05) is 0 Å². The van der Waals surface area contributed by atoms with Gasteiger partial charge in [-0.3, -0.25) is 0 Å². The van der Waals surface area contributed by atoms with Crippen molar-refractivity contribution in [2.75, 3.05) is 14.1 Å². The zero-order chi connectivity index (χ0) is 12.5. The van der Waals surface area contributed by atoms with Crippen LogP contribution in [0.3, 0.4) is 0 Å². The minimum absolute atomic E-state index is 0.0152. The summed E-state index contributed by atoms with van der Waals surface area (Å²) in [5.41, 5.74) is 2.57. The van der Waals surface area contributed by atoms with Crippen molar-refractivity contribution in [2.45, 2.75) is 48.7 Å². The quantitative estimate of drug-likeness (QED) is 0.819. The summed E-state index contributed by atoms with van der Waals surface area (Å²) in [6, 6.07) is 8.88. The number of hydrogen-bond donors (Lipinski definition) is 1. The van der Waals surface area contributed by atoms with Gasteiger partial charge in [0.25, 0.3) is 0 Å². The largest absolute Gasteiger partial charge is 0.388 e. The molecule has 4 aliphatic rings. The van der Waals surface area contributed by atoms with Gasteiger partial charge in [-0.2, -0.15) is 0 Å². The highest BCUT2D eigenvalue weighted by Crippen LogP contribution is 2.65. The summed E-state index contributed by atoms with van der Waals surface area (Å²) in [7, 11) is 4.29. The third-order valence-corrected chi connectivity index (χ3v) is 5.93. The van der Waals surface area contributed by atoms with Crippen LogP contribution >= 0.6 is 0 Å². The van der Waals surface area contributed by atoms with Crippen LogP contribution in [0, 0.1) is 0 Å². The predicted octanol–water partition coefficient (Wildman–Crippen LogP) is 2.49. The van der Waals surface area contributed by atoms with Crippen LogP contribution in [0.15, 0.2) is 24.3 Å². The standard InChI is InChI=1S/C16H21NO/c1-17(2)15-7-11-9-16(15,18)10-12(8-15)14-6-4-3-5-13(11)14/h3-6,11-12,18H,7-10H2,1-2H3/t11-,12+,15?,16?. The van der Waals surface area contributed by atoms with Gasteiger partial charge in [0.15, 0.2) is 0 Å². The van der Waals surface area contributed by atoms with Crippen molar-refractivity contribution in [2.24, 2.45) is 0 Å². The van der Waals surface area contributed by atoms with Crippen LogP contribution < -0.4 is 0 Å². The third-order valence-electron chi connectivity index (χ3n) is 5.93. The summed E-state index contributed by atoms with van der Waals surface area (Å²) < 4.78 is 0. The first-order valence-corrected chi connectivity index (χ1v) is 7.04. The minimum atomic E-state index is -0.467. The van der Waals surface area contributed by atoms with Gasteiger partial charge >= 0.3 is 0 Å². The zero-order valence-electron chi connectivity index (χ0n) is 11.2. The molecule has 0 aliphatic heterocycles. The van der Waals surface area contributed by atoms with E-state index in [1.807, 2.05) is 0 Å². The Morgan fingerprint density at radius 2 is 1.50 bits per heavy atom. The molecule has 0 heterocycles. The van der Waals surface area contributed by atoms with Gasteiger partial charge in [-0.05, 0) is 62.7 Å². The van der Waals surface area contributed by atoms with E-state index in [1.165, 1.54) is 11.1 Å². The maximum atomic E-state index is 11.2. The molecule has 4 aliphatic carbocycles. The van der Waals surface area contributed by atoms with E-state index in [-0.39, 0.29) is 5.54 Å². The zero-order valence-corrected chi connectivity index (χ0v) is 11.2. The lowest BCUT2D eigenvalue weighted by Crippen LogP contribution is -2.54. The molecule has 0 amide bonds. The normalized spacial score (nSPS) is 44.4. The summed E-state index contributed by atoms with van der Waals surface area (Å²) >= 11 is 0. The molecule has 1 aromatic rings. The molecule has 4 bridgehead atoms. The van der Waals surface area contributed by atoms with Crippen LogP contribution in [-0.2, 0) is 0 Å². The van der Waals surface area contributed by atoms with E-state index in [9.17, 15) is 5.11 Å². The Kier molecular flexibility index (Phi) is 1.94. The van der Waals surface area contributed by atoms with Crippen molar-refractivity contribution in [1.82, 2.24) is 4.90 Å². The Labute approximate surface area is 109 Å². The van der Waals surface area contributed by atoms with Gasteiger partial charge in [-0.25, -0.2) is 0 Å². The van der Waals surface area contributed by atoms with Crippen molar-refractivity contribution in [3.63, 3.8) is 0 Å². The number of likely N-dealkylation sites (N-methyl/N-ethyl adjacent to an activating group) is 1. The smallest absolute Gasteiger partial charge is 0.0842 e. The molecular weight excluding hydrogens is 222 g/mol. The first kappa shape index (κ1) is 11.0. The topological polar surface area (TPSA) is 23.5 Å². The van der Waals surface area contributed by atoms with Crippen molar-refractivity contribution in [3.05, 3.63) is 35.4 Å². The van der Waals surface area contributed by atoms with Crippen molar-refractivity contribution in [1.29, 1.82) is 0 Å². The third kappa shape index (κ3) is 1.07. The molecule has 1 N–H and O–H groups in total. The van der Waals surface area contributed by atoms with Gasteiger partial charge in [-0.15, -0.1) is 0 Å². The minimum Gasteiger partial charge on any atom is -0.388 e. The van der Waals surface area contributed by atoms with E-state index in [0.717, 1.165) is 25.7 Å². The molecular formula is C16H21NO. The Morgan fingerprint density at radius 3 is 1.89 bits per heavy atom. The van der Waals surface area contributed by atoms with E-state index >= 15 is 0 Å². The van der Waals surface area contributed by atoms with E-state index in [2.05, 4.69) is 43.3 Å². The van der Waals surface area contributed by atoms with Crippen LogP contribution in [0.2, 0.25) is 0 Å². The molecule has 18 heavy (non-hydrogen) atoms. The number of nitrogens with zero attached hydrogens (tertiary/aromatic N) is 1. The SMILES string of the molecule is CN(C)C12C[C@H]3CC1(O)C[C@@H](C2)c1ccccc13. The lowest BCUT2D eigenvalue weighted by molar-refractivity contribution is -0.0541. The fourth-order valence-corrected chi connectivity index (χ4v) is 5.18. The highest BCUT2D eigenvalue weighted by atomic mass is 16.3. The van der Waals surface area contributed by atoms with Crippen LogP contribution in [0.25, 0.3) is 0 Å².